The Kier molecular flexibility index (Phi) is 7.65. The summed E-state index contributed by atoms with van der Waals surface area (Å²) in [6, 6.07) is 6.99. The molecule has 2 aliphatic rings. The third kappa shape index (κ3) is 5.14. The predicted molar refractivity (Wildman–Crippen MR) is 129 cm³/mol. The van der Waals surface area contributed by atoms with Gasteiger partial charge in [0.1, 0.15) is 76.5 Å². The van der Waals surface area contributed by atoms with Gasteiger partial charge in [-0.2, -0.15) is 0 Å². The monoisotopic (exact) mass is 552 g/mol. The molecular weight excluding hydrogens is 524 g/mol. The summed E-state index contributed by atoms with van der Waals surface area (Å²) in [5, 5.41) is 71.2. The number of aromatic hydroxyl groups is 1. The van der Waals surface area contributed by atoms with Gasteiger partial charge in [0.15, 0.2) is 6.29 Å². The fourth-order valence-corrected chi connectivity index (χ4v) is 4.51. The molecule has 2 aliphatic heterocycles. The van der Waals surface area contributed by atoms with Crippen molar-refractivity contribution >= 4 is 21.9 Å². The van der Waals surface area contributed by atoms with Gasteiger partial charge in [-0.25, -0.2) is 0 Å². The molecule has 14 nitrogen and oxygen atoms in total. The second kappa shape index (κ2) is 10.8. The third-order valence-corrected chi connectivity index (χ3v) is 6.73. The molecule has 0 radical (unpaired) electrons. The van der Waals surface area contributed by atoms with E-state index in [2.05, 4.69) is 0 Å². The second-order valence-corrected chi connectivity index (χ2v) is 9.32. The first kappa shape index (κ1) is 27.5. The molecule has 7 N–H and O–H groups in total. The first-order chi connectivity index (χ1) is 18.6. The maximum Gasteiger partial charge on any atom is 0.229 e. The number of rotatable bonds is 6. The minimum absolute atomic E-state index is 0.0254. The van der Waals surface area contributed by atoms with Crippen LogP contribution < -0.4 is 14.9 Å². The lowest BCUT2D eigenvalue weighted by Crippen LogP contribution is -2.61. The lowest BCUT2D eigenvalue weighted by Gasteiger charge is -2.41. The number of hydrogen-bond donors (Lipinski definition) is 7. The predicted octanol–water partition coefficient (Wildman–Crippen LogP) is -1.70. The zero-order valence-electron chi connectivity index (χ0n) is 20.5. The van der Waals surface area contributed by atoms with E-state index < -0.39 is 73.1 Å². The molecule has 0 spiro atoms. The van der Waals surface area contributed by atoms with Gasteiger partial charge in [0, 0.05) is 12.1 Å². The number of aliphatic hydroxyl groups excluding tert-OH is 6. The summed E-state index contributed by atoms with van der Waals surface area (Å²) >= 11 is 0. The van der Waals surface area contributed by atoms with Crippen LogP contribution in [0.15, 0.2) is 39.5 Å². The van der Waals surface area contributed by atoms with Crippen molar-refractivity contribution in [3.05, 3.63) is 40.6 Å². The number of phenols is 1. The fraction of sp³-hybridized carbons (Fsp3) is 0.480. The SMILES string of the molecule is COc1ccc2oc3cc(O[C@@H]4O[C@H](CO[C@H]5OC[C@@H](O)[C@H](O)[C@@H]5O)[C@@H](O)[C@H](O)[C@H]4O)cc(O)c3c(=O)c2c1. The molecule has 9 atom stereocenters. The van der Waals surface area contributed by atoms with Crippen molar-refractivity contribution in [3.8, 4) is 17.2 Å². The lowest BCUT2D eigenvalue weighted by atomic mass is 9.99. The highest BCUT2D eigenvalue weighted by molar-refractivity contribution is 5.94. The van der Waals surface area contributed by atoms with E-state index >= 15 is 0 Å². The number of ether oxygens (including phenoxy) is 5. The van der Waals surface area contributed by atoms with Gasteiger partial charge in [0.2, 0.25) is 11.7 Å². The van der Waals surface area contributed by atoms with Crippen molar-refractivity contribution in [2.75, 3.05) is 20.3 Å². The van der Waals surface area contributed by atoms with E-state index in [0.29, 0.717) is 5.75 Å². The minimum atomic E-state index is -1.74. The summed E-state index contributed by atoms with van der Waals surface area (Å²) in [5.41, 5.74) is -0.314. The Labute approximate surface area is 219 Å². The Bertz CT molecular complexity index is 1390. The van der Waals surface area contributed by atoms with Crippen molar-refractivity contribution in [2.45, 2.75) is 55.3 Å². The quantitative estimate of drug-likeness (QED) is 0.170. The summed E-state index contributed by atoms with van der Waals surface area (Å²) in [5.74, 6) is -0.142. The zero-order chi connectivity index (χ0) is 28.0. The Morgan fingerprint density at radius 3 is 2.36 bits per heavy atom. The van der Waals surface area contributed by atoms with Gasteiger partial charge in [-0.05, 0) is 18.2 Å². The normalized spacial score (nSPS) is 33.4. The maximum absolute atomic E-state index is 13.0. The average molecular weight is 552 g/mol. The Balaban J connectivity index is 1.36. The zero-order valence-corrected chi connectivity index (χ0v) is 20.5. The Morgan fingerprint density at radius 1 is 0.872 bits per heavy atom. The molecule has 2 aromatic carbocycles. The second-order valence-electron chi connectivity index (χ2n) is 9.32. The smallest absolute Gasteiger partial charge is 0.229 e. The highest BCUT2D eigenvalue weighted by Gasteiger charge is 2.46. The number of aliphatic hydroxyl groups is 6. The number of hydrogen-bond acceptors (Lipinski definition) is 14. The minimum Gasteiger partial charge on any atom is -0.507 e. The van der Waals surface area contributed by atoms with Gasteiger partial charge in [0.05, 0.1) is 25.7 Å². The molecule has 0 aliphatic carbocycles. The number of methoxy groups -OCH3 is 1. The fourth-order valence-electron chi connectivity index (χ4n) is 4.51. The van der Waals surface area contributed by atoms with Crippen LogP contribution in [0, 0.1) is 0 Å². The molecule has 5 rings (SSSR count). The Hall–Kier alpha value is -3.05. The molecule has 0 amide bonds. The standard InChI is InChI=1S/C25H28O14/c1-34-9-2-3-14-11(4-9)18(28)17-12(26)5-10(6-15(17)38-14)37-25-23(33)21(31)20(30)16(39-25)8-36-24-22(32)19(29)13(27)7-35-24/h2-6,13,16,19-27,29-33H,7-8H2,1H3/t13-,16-,19+,20-,21+,22+,23-,24-,25-/m1/s1. The van der Waals surface area contributed by atoms with E-state index in [1.54, 1.807) is 6.07 Å². The van der Waals surface area contributed by atoms with Crippen LogP contribution in [0.4, 0.5) is 0 Å². The average Bonchev–Trinajstić information content (AvgIpc) is 2.92. The van der Waals surface area contributed by atoms with Crippen molar-refractivity contribution in [3.63, 3.8) is 0 Å². The molecule has 2 fully saturated rings. The summed E-state index contributed by atoms with van der Waals surface area (Å²) in [6.07, 6.45) is -13.8. The van der Waals surface area contributed by atoms with Crippen LogP contribution in [0.3, 0.4) is 0 Å². The van der Waals surface area contributed by atoms with E-state index in [0.717, 1.165) is 6.07 Å². The van der Waals surface area contributed by atoms with Gasteiger partial charge in [0.25, 0.3) is 0 Å². The van der Waals surface area contributed by atoms with Gasteiger partial charge in [-0.1, -0.05) is 0 Å². The summed E-state index contributed by atoms with van der Waals surface area (Å²) in [6.45, 7) is -0.781. The van der Waals surface area contributed by atoms with E-state index in [-0.39, 0.29) is 34.3 Å². The highest BCUT2D eigenvalue weighted by Crippen LogP contribution is 2.33. The van der Waals surface area contributed by atoms with Crippen LogP contribution in [0.5, 0.6) is 17.2 Å². The molecule has 0 saturated carbocycles. The molecule has 3 aromatic rings. The largest absolute Gasteiger partial charge is 0.507 e. The number of benzene rings is 2. The first-order valence-electron chi connectivity index (χ1n) is 12.0. The summed E-state index contributed by atoms with van der Waals surface area (Å²) in [7, 11) is 1.45. The number of fused-ring (bicyclic) bond motifs is 2. The van der Waals surface area contributed by atoms with Gasteiger partial charge >= 0.3 is 0 Å². The van der Waals surface area contributed by atoms with E-state index in [9.17, 15) is 40.5 Å². The van der Waals surface area contributed by atoms with Crippen LogP contribution in [0.1, 0.15) is 0 Å². The molecule has 0 unspecified atom stereocenters. The van der Waals surface area contributed by atoms with Crippen LogP contribution >= 0.6 is 0 Å². The topological polar surface area (TPSA) is 218 Å². The molecule has 14 heteroatoms. The van der Waals surface area contributed by atoms with Crippen molar-refractivity contribution < 1.29 is 63.8 Å². The first-order valence-corrected chi connectivity index (χ1v) is 12.0. The molecule has 212 valence electrons. The summed E-state index contributed by atoms with van der Waals surface area (Å²) in [4.78, 5) is 13.0. The van der Waals surface area contributed by atoms with E-state index in [1.165, 1.54) is 25.3 Å². The summed E-state index contributed by atoms with van der Waals surface area (Å²) < 4.78 is 32.7. The Morgan fingerprint density at radius 2 is 1.62 bits per heavy atom. The molecular formula is C25H28O14. The van der Waals surface area contributed by atoms with Crippen LogP contribution in [0.25, 0.3) is 21.9 Å². The molecule has 39 heavy (non-hydrogen) atoms. The maximum atomic E-state index is 13.0. The van der Waals surface area contributed by atoms with E-state index in [4.69, 9.17) is 28.1 Å². The van der Waals surface area contributed by atoms with E-state index in [1.807, 2.05) is 0 Å². The van der Waals surface area contributed by atoms with Gasteiger partial charge in [-0.3, -0.25) is 4.79 Å². The van der Waals surface area contributed by atoms with Crippen LogP contribution in [0.2, 0.25) is 0 Å². The number of phenolic OH excluding ortho intramolecular Hbond substituents is 1. The van der Waals surface area contributed by atoms with Crippen molar-refractivity contribution in [1.82, 2.24) is 0 Å². The van der Waals surface area contributed by atoms with Crippen LogP contribution in [-0.2, 0) is 14.2 Å². The van der Waals surface area contributed by atoms with Crippen LogP contribution in [-0.4, -0.2) is 111 Å². The third-order valence-electron chi connectivity index (χ3n) is 6.73. The lowest BCUT2D eigenvalue weighted by molar-refractivity contribution is -0.307. The molecule has 1 aromatic heterocycles. The highest BCUT2D eigenvalue weighted by atomic mass is 16.7. The van der Waals surface area contributed by atoms with Gasteiger partial charge < -0.3 is 63.8 Å². The van der Waals surface area contributed by atoms with Crippen molar-refractivity contribution in [1.29, 1.82) is 0 Å². The molecule has 2 saturated heterocycles. The van der Waals surface area contributed by atoms with Gasteiger partial charge in [-0.15, -0.1) is 0 Å². The molecule has 0 bridgehead atoms. The molecule has 3 heterocycles. The van der Waals surface area contributed by atoms with Crippen molar-refractivity contribution in [2.24, 2.45) is 0 Å².